The molecule has 2 aromatic rings. The van der Waals surface area contributed by atoms with Crippen LogP contribution in [-0.4, -0.2) is 0 Å². The zero-order valence-electron chi connectivity index (χ0n) is 9.63. The molecule has 1 heterocycles. The highest BCUT2D eigenvalue weighted by Crippen LogP contribution is 2.31. The quantitative estimate of drug-likeness (QED) is 0.885. The van der Waals surface area contributed by atoms with Gasteiger partial charge < -0.3 is 10.2 Å². The van der Waals surface area contributed by atoms with E-state index in [9.17, 15) is 0 Å². The molecule has 2 N–H and O–H groups in total. The Morgan fingerprint density at radius 3 is 2.35 bits per heavy atom. The molecule has 1 aromatic heterocycles. The molecule has 0 aliphatic heterocycles. The topological polar surface area (TPSA) is 39.2 Å². The van der Waals surface area contributed by atoms with Crippen LogP contribution in [0.2, 0.25) is 10.0 Å². The molecule has 0 aliphatic rings. The Morgan fingerprint density at radius 1 is 1.12 bits per heavy atom. The molecule has 0 amide bonds. The highest BCUT2D eigenvalue weighted by atomic mass is 35.5. The molecule has 2 nitrogen and oxygen atoms in total. The molecular formula is C13H13Cl2NO. The smallest absolute Gasteiger partial charge is 0.106 e. The van der Waals surface area contributed by atoms with Crippen LogP contribution in [0.15, 0.2) is 28.7 Å². The molecule has 0 bridgehead atoms. The third kappa shape index (κ3) is 2.49. The Kier molecular flexibility index (Phi) is 3.48. The summed E-state index contributed by atoms with van der Waals surface area (Å²) in [6.07, 6.45) is 0. The number of furan rings is 1. The molecule has 0 saturated heterocycles. The van der Waals surface area contributed by atoms with Crippen molar-refractivity contribution in [3.63, 3.8) is 0 Å². The van der Waals surface area contributed by atoms with Gasteiger partial charge in [0.25, 0.3) is 0 Å². The summed E-state index contributed by atoms with van der Waals surface area (Å²) < 4.78 is 5.47. The first kappa shape index (κ1) is 12.5. The summed E-state index contributed by atoms with van der Waals surface area (Å²) in [5.41, 5.74) is 7.99. The Hall–Kier alpha value is -0.960. The van der Waals surface area contributed by atoms with Crippen LogP contribution < -0.4 is 5.73 Å². The fourth-order valence-corrected chi connectivity index (χ4v) is 2.41. The van der Waals surface area contributed by atoms with Crippen molar-refractivity contribution in [2.24, 2.45) is 5.73 Å². The van der Waals surface area contributed by atoms with Gasteiger partial charge in [-0.2, -0.15) is 0 Å². The van der Waals surface area contributed by atoms with Gasteiger partial charge in [0.05, 0.1) is 6.04 Å². The molecule has 0 spiro atoms. The van der Waals surface area contributed by atoms with E-state index in [4.69, 9.17) is 33.4 Å². The Labute approximate surface area is 110 Å². The van der Waals surface area contributed by atoms with Crippen molar-refractivity contribution in [3.8, 4) is 0 Å². The maximum Gasteiger partial charge on any atom is 0.106 e. The third-order valence-corrected chi connectivity index (χ3v) is 3.27. The van der Waals surface area contributed by atoms with E-state index in [1.54, 1.807) is 12.1 Å². The molecule has 1 atom stereocenters. The van der Waals surface area contributed by atoms with E-state index in [2.05, 4.69) is 0 Å². The van der Waals surface area contributed by atoms with Crippen LogP contribution >= 0.6 is 23.2 Å². The summed E-state index contributed by atoms with van der Waals surface area (Å²) in [5.74, 6) is 1.67. The van der Waals surface area contributed by atoms with Crippen molar-refractivity contribution in [1.29, 1.82) is 0 Å². The van der Waals surface area contributed by atoms with E-state index < -0.39 is 0 Å². The fraction of sp³-hybridized carbons (Fsp3) is 0.231. The van der Waals surface area contributed by atoms with Crippen LogP contribution in [0.5, 0.6) is 0 Å². The van der Waals surface area contributed by atoms with E-state index in [1.807, 2.05) is 26.0 Å². The standard InChI is InChI=1S/C13H13Cl2NO/c1-7-5-11(8(2)17-7)13(16)10-4-3-9(14)6-12(10)15/h3-6,13H,16H2,1-2H3. The minimum atomic E-state index is -0.294. The van der Waals surface area contributed by atoms with Crippen molar-refractivity contribution < 1.29 is 4.42 Å². The summed E-state index contributed by atoms with van der Waals surface area (Å²) in [5, 5.41) is 1.18. The molecule has 0 saturated carbocycles. The SMILES string of the molecule is Cc1cc(C(N)c2ccc(Cl)cc2Cl)c(C)o1. The van der Waals surface area contributed by atoms with Gasteiger partial charge in [-0.25, -0.2) is 0 Å². The largest absolute Gasteiger partial charge is 0.466 e. The summed E-state index contributed by atoms with van der Waals surface area (Å²) in [7, 11) is 0. The summed E-state index contributed by atoms with van der Waals surface area (Å²) in [6.45, 7) is 3.79. The summed E-state index contributed by atoms with van der Waals surface area (Å²) >= 11 is 12.0. The second-order valence-electron chi connectivity index (χ2n) is 4.01. The Balaban J connectivity index is 2.43. The van der Waals surface area contributed by atoms with Crippen LogP contribution in [0.1, 0.15) is 28.7 Å². The van der Waals surface area contributed by atoms with Gasteiger partial charge >= 0.3 is 0 Å². The molecule has 1 aromatic carbocycles. The van der Waals surface area contributed by atoms with Crippen LogP contribution in [0.4, 0.5) is 0 Å². The van der Waals surface area contributed by atoms with Crippen LogP contribution in [-0.2, 0) is 0 Å². The first-order chi connectivity index (χ1) is 7.99. The average molecular weight is 270 g/mol. The number of hydrogen-bond donors (Lipinski definition) is 1. The van der Waals surface area contributed by atoms with Crippen LogP contribution in [0.3, 0.4) is 0 Å². The molecule has 2 rings (SSSR count). The molecule has 0 radical (unpaired) electrons. The molecule has 17 heavy (non-hydrogen) atoms. The minimum Gasteiger partial charge on any atom is -0.466 e. The van der Waals surface area contributed by atoms with E-state index in [-0.39, 0.29) is 6.04 Å². The number of aryl methyl sites for hydroxylation is 2. The van der Waals surface area contributed by atoms with Gasteiger partial charge in [-0.1, -0.05) is 29.3 Å². The van der Waals surface area contributed by atoms with E-state index in [0.717, 1.165) is 22.6 Å². The van der Waals surface area contributed by atoms with Crippen LogP contribution in [0.25, 0.3) is 0 Å². The number of hydrogen-bond acceptors (Lipinski definition) is 2. The molecule has 90 valence electrons. The summed E-state index contributed by atoms with van der Waals surface area (Å²) in [6, 6.07) is 6.96. The highest BCUT2D eigenvalue weighted by molar-refractivity contribution is 6.35. The lowest BCUT2D eigenvalue weighted by atomic mass is 10.00. The number of rotatable bonds is 2. The number of halogens is 2. The van der Waals surface area contributed by atoms with Crippen molar-refractivity contribution in [1.82, 2.24) is 0 Å². The average Bonchev–Trinajstić information content (AvgIpc) is 2.57. The van der Waals surface area contributed by atoms with Gasteiger partial charge in [0, 0.05) is 15.6 Å². The second kappa shape index (κ2) is 4.73. The first-order valence-corrected chi connectivity index (χ1v) is 6.02. The first-order valence-electron chi connectivity index (χ1n) is 5.26. The van der Waals surface area contributed by atoms with Crippen molar-refractivity contribution in [2.45, 2.75) is 19.9 Å². The molecule has 4 heteroatoms. The van der Waals surface area contributed by atoms with Gasteiger partial charge in [0.1, 0.15) is 11.5 Å². The van der Waals surface area contributed by atoms with Gasteiger partial charge in [-0.05, 0) is 37.6 Å². The number of nitrogens with two attached hydrogens (primary N) is 1. The van der Waals surface area contributed by atoms with Crippen LogP contribution in [0, 0.1) is 13.8 Å². The van der Waals surface area contributed by atoms with E-state index >= 15 is 0 Å². The van der Waals surface area contributed by atoms with E-state index in [0.29, 0.717) is 10.0 Å². The van der Waals surface area contributed by atoms with Crippen molar-refractivity contribution in [2.75, 3.05) is 0 Å². The Morgan fingerprint density at radius 2 is 1.82 bits per heavy atom. The molecular weight excluding hydrogens is 257 g/mol. The third-order valence-electron chi connectivity index (χ3n) is 2.71. The predicted molar refractivity (Wildman–Crippen MR) is 70.7 cm³/mol. The zero-order chi connectivity index (χ0) is 12.6. The zero-order valence-corrected chi connectivity index (χ0v) is 11.1. The fourth-order valence-electron chi connectivity index (χ4n) is 1.88. The van der Waals surface area contributed by atoms with E-state index in [1.165, 1.54) is 0 Å². The van der Waals surface area contributed by atoms with Gasteiger partial charge in [-0.3, -0.25) is 0 Å². The highest BCUT2D eigenvalue weighted by Gasteiger charge is 2.17. The lowest BCUT2D eigenvalue weighted by molar-refractivity contribution is 0.499. The van der Waals surface area contributed by atoms with Gasteiger partial charge in [0.15, 0.2) is 0 Å². The maximum atomic E-state index is 6.19. The predicted octanol–water partition coefficient (Wildman–Crippen LogP) is 4.25. The number of benzene rings is 1. The molecule has 0 aliphatic carbocycles. The van der Waals surface area contributed by atoms with Crippen molar-refractivity contribution >= 4 is 23.2 Å². The summed E-state index contributed by atoms with van der Waals surface area (Å²) in [4.78, 5) is 0. The van der Waals surface area contributed by atoms with Gasteiger partial charge in [-0.15, -0.1) is 0 Å². The molecule has 0 fully saturated rings. The second-order valence-corrected chi connectivity index (χ2v) is 4.86. The van der Waals surface area contributed by atoms with Gasteiger partial charge in [0.2, 0.25) is 0 Å². The monoisotopic (exact) mass is 269 g/mol. The maximum absolute atomic E-state index is 6.19. The minimum absolute atomic E-state index is 0.294. The Bertz CT molecular complexity index is 548. The normalized spacial score (nSPS) is 12.8. The van der Waals surface area contributed by atoms with Crippen molar-refractivity contribution in [3.05, 3.63) is 57.0 Å². The lowest BCUT2D eigenvalue weighted by Crippen LogP contribution is -2.12. The lowest BCUT2D eigenvalue weighted by Gasteiger charge is -2.13. The molecule has 1 unspecified atom stereocenters.